The summed E-state index contributed by atoms with van der Waals surface area (Å²) in [6.07, 6.45) is 0. The summed E-state index contributed by atoms with van der Waals surface area (Å²) >= 11 is 0. The maximum atomic E-state index is 12.5. The van der Waals surface area contributed by atoms with Gasteiger partial charge in [0.2, 0.25) is 5.91 Å². The van der Waals surface area contributed by atoms with E-state index in [9.17, 15) is 4.79 Å². The van der Waals surface area contributed by atoms with Gasteiger partial charge >= 0.3 is 0 Å². The van der Waals surface area contributed by atoms with Crippen LogP contribution in [0.1, 0.15) is 18.1 Å². The summed E-state index contributed by atoms with van der Waals surface area (Å²) in [7, 11) is 3.18. The zero-order valence-electron chi connectivity index (χ0n) is 13.6. The predicted octanol–water partition coefficient (Wildman–Crippen LogP) is 2.19. The number of rotatable bonds is 6. The molecule has 0 aliphatic heterocycles. The van der Waals surface area contributed by atoms with Gasteiger partial charge in [-0.1, -0.05) is 30.3 Å². The van der Waals surface area contributed by atoms with Crippen LogP contribution in [-0.2, 0) is 16.9 Å². The van der Waals surface area contributed by atoms with Crippen LogP contribution in [0.25, 0.3) is 0 Å². The van der Waals surface area contributed by atoms with E-state index in [1.165, 1.54) is 0 Å². The highest BCUT2D eigenvalue weighted by Gasteiger charge is 2.30. The van der Waals surface area contributed by atoms with E-state index in [4.69, 9.17) is 15.2 Å². The monoisotopic (exact) mass is 314 g/mol. The highest BCUT2D eigenvalue weighted by molar-refractivity contribution is 5.87. The van der Waals surface area contributed by atoms with Crippen LogP contribution >= 0.6 is 0 Å². The molecule has 0 bridgehead atoms. The van der Waals surface area contributed by atoms with Crippen molar-refractivity contribution in [3.05, 3.63) is 59.7 Å². The summed E-state index contributed by atoms with van der Waals surface area (Å²) in [5.41, 5.74) is 6.68. The van der Waals surface area contributed by atoms with Crippen molar-refractivity contribution in [3.8, 4) is 11.5 Å². The Kier molecular flexibility index (Phi) is 5.24. The molecular weight excluding hydrogens is 292 g/mol. The maximum absolute atomic E-state index is 12.5. The summed E-state index contributed by atoms with van der Waals surface area (Å²) in [5, 5.41) is 2.86. The van der Waals surface area contributed by atoms with Gasteiger partial charge in [-0.05, 0) is 30.7 Å². The van der Waals surface area contributed by atoms with E-state index in [-0.39, 0.29) is 5.91 Å². The van der Waals surface area contributed by atoms with Gasteiger partial charge in [0.05, 0.1) is 14.2 Å². The Morgan fingerprint density at radius 1 is 1.13 bits per heavy atom. The molecule has 0 aliphatic rings. The Morgan fingerprint density at radius 3 is 2.43 bits per heavy atom. The largest absolute Gasteiger partial charge is 0.497 e. The number of carbonyl (C=O) groups is 1. The molecule has 122 valence electrons. The number of hydrogen-bond acceptors (Lipinski definition) is 4. The second-order valence-corrected chi connectivity index (χ2v) is 5.43. The second-order valence-electron chi connectivity index (χ2n) is 5.43. The van der Waals surface area contributed by atoms with Gasteiger partial charge in [-0.25, -0.2) is 0 Å². The van der Waals surface area contributed by atoms with Crippen molar-refractivity contribution in [1.29, 1.82) is 0 Å². The van der Waals surface area contributed by atoms with E-state index < -0.39 is 5.54 Å². The quantitative estimate of drug-likeness (QED) is 0.857. The lowest BCUT2D eigenvalue weighted by Gasteiger charge is -2.24. The third-order valence-corrected chi connectivity index (χ3v) is 3.77. The molecule has 0 aliphatic carbocycles. The number of benzene rings is 2. The van der Waals surface area contributed by atoms with Gasteiger partial charge < -0.3 is 20.5 Å². The van der Waals surface area contributed by atoms with Crippen LogP contribution in [0.2, 0.25) is 0 Å². The number of hydrogen-bond donors (Lipinski definition) is 2. The SMILES string of the molecule is COc1ccc(OC)c(CNC(=O)C(C)(N)c2ccccc2)c1. The topological polar surface area (TPSA) is 73.6 Å². The molecule has 2 aromatic rings. The summed E-state index contributed by atoms with van der Waals surface area (Å²) in [6, 6.07) is 14.7. The van der Waals surface area contributed by atoms with Crippen molar-refractivity contribution in [2.75, 3.05) is 14.2 Å². The van der Waals surface area contributed by atoms with Gasteiger partial charge in [-0.15, -0.1) is 0 Å². The van der Waals surface area contributed by atoms with Crippen molar-refractivity contribution in [2.45, 2.75) is 19.0 Å². The summed E-state index contributed by atoms with van der Waals surface area (Å²) in [4.78, 5) is 12.5. The molecule has 0 radical (unpaired) electrons. The summed E-state index contributed by atoms with van der Waals surface area (Å²) < 4.78 is 10.5. The van der Waals surface area contributed by atoms with E-state index >= 15 is 0 Å². The van der Waals surface area contributed by atoms with Gasteiger partial charge in [0.1, 0.15) is 17.0 Å². The van der Waals surface area contributed by atoms with Crippen molar-refractivity contribution in [2.24, 2.45) is 5.73 Å². The van der Waals surface area contributed by atoms with Gasteiger partial charge in [-0.2, -0.15) is 0 Å². The van der Waals surface area contributed by atoms with Crippen LogP contribution in [0.4, 0.5) is 0 Å². The van der Waals surface area contributed by atoms with Crippen LogP contribution in [-0.4, -0.2) is 20.1 Å². The number of methoxy groups -OCH3 is 2. The third-order valence-electron chi connectivity index (χ3n) is 3.77. The Hall–Kier alpha value is -2.53. The van der Waals surface area contributed by atoms with Crippen LogP contribution in [0, 0.1) is 0 Å². The summed E-state index contributed by atoms with van der Waals surface area (Å²) in [5.74, 6) is 1.13. The molecule has 5 nitrogen and oxygen atoms in total. The number of carbonyl (C=O) groups excluding carboxylic acids is 1. The fourth-order valence-corrected chi connectivity index (χ4v) is 2.29. The molecule has 0 saturated heterocycles. The normalized spacial score (nSPS) is 13.0. The van der Waals surface area contributed by atoms with Crippen LogP contribution in [0.3, 0.4) is 0 Å². The zero-order chi connectivity index (χ0) is 16.9. The first-order chi connectivity index (χ1) is 11.0. The number of ether oxygens (including phenoxy) is 2. The number of nitrogens with two attached hydrogens (primary N) is 1. The van der Waals surface area contributed by atoms with Gasteiger partial charge in [0, 0.05) is 12.1 Å². The van der Waals surface area contributed by atoms with E-state index in [0.717, 1.165) is 11.1 Å². The lowest BCUT2D eigenvalue weighted by atomic mass is 9.92. The smallest absolute Gasteiger partial charge is 0.244 e. The van der Waals surface area contributed by atoms with E-state index in [0.29, 0.717) is 18.0 Å². The van der Waals surface area contributed by atoms with E-state index in [2.05, 4.69) is 5.32 Å². The van der Waals surface area contributed by atoms with Crippen LogP contribution in [0.15, 0.2) is 48.5 Å². The molecule has 23 heavy (non-hydrogen) atoms. The number of amides is 1. The molecule has 5 heteroatoms. The standard InChI is InChI=1S/C18H22N2O3/c1-18(19,14-7-5-4-6-8-14)17(21)20-12-13-11-15(22-2)9-10-16(13)23-3/h4-11H,12,19H2,1-3H3,(H,20,21). The average Bonchev–Trinajstić information content (AvgIpc) is 2.59. The first-order valence-corrected chi connectivity index (χ1v) is 7.32. The molecule has 3 N–H and O–H groups in total. The lowest BCUT2D eigenvalue weighted by molar-refractivity contribution is -0.126. The van der Waals surface area contributed by atoms with Crippen LogP contribution in [0.5, 0.6) is 11.5 Å². The van der Waals surface area contributed by atoms with E-state index in [1.54, 1.807) is 33.3 Å². The molecule has 0 saturated carbocycles. The first-order valence-electron chi connectivity index (χ1n) is 7.32. The second kappa shape index (κ2) is 7.15. The minimum absolute atomic E-state index is 0.256. The zero-order valence-corrected chi connectivity index (χ0v) is 13.6. The summed E-state index contributed by atoms with van der Waals surface area (Å²) in [6.45, 7) is 2.00. The van der Waals surface area contributed by atoms with Gasteiger partial charge in [-0.3, -0.25) is 4.79 Å². The Morgan fingerprint density at radius 2 is 1.83 bits per heavy atom. The minimum atomic E-state index is -1.10. The lowest BCUT2D eigenvalue weighted by Crippen LogP contribution is -2.48. The van der Waals surface area contributed by atoms with Crippen molar-refractivity contribution in [3.63, 3.8) is 0 Å². The molecule has 2 rings (SSSR count). The third kappa shape index (κ3) is 3.81. The average molecular weight is 314 g/mol. The Bertz CT molecular complexity index is 669. The fraction of sp³-hybridized carbons (Fsp3) is 0.278. The van der Waals surface area contributed by atoms with Crippen molar-refractivity contribution in [1.82, 2.24) is 5.32 Å². The maximum Gasteiger partial charge on any atom is 0.244 e. The number of nitrogens with one attached hydrogen (secondary N) is 1. The minimum Gasteiger partial charge on any atom is -0.497 e. The van der Waals surface area contributed by atoms with Crippen LogP contribution < -0.4 is 20.5 Å². The molecule has 0 fully saturated rings. The Labute approximate surface area is 136 Å². The first kappa shape index (κ1) is 16.8. The highest BCUT2D eigenvalue weighted by atomic mass is 16.5. The molecule has 1 unspecified atom stereocenters. The van der Waals surface area contributed by atoms with Gasteiger partial charge in [0.25, 0.3) is 0 Å². The molecule has 1 atom stereocenters. The van der Waals surface area contributed by atoms with Crippen molar-refractivity contribution >= 4 is 5.91 Å². The fourth-order valence-electron chi connectivity index (χ4n) is 2.29. The highest BCUT2D eigenvalue weighted by Crippen LogP contribution is 2.24. The Balaban J connectivity index is 2.13. The van der Waals surface area contributed by atoms with Gasteiger partial charge in [0.15, 0.2) is 0 Å². The van der Waals surface area contributed by atoms with E-state index in [1.807, 2.05) is 36.4 Å². The molecule has 0 heterocycles. The molecule has 0 aromatic heterocycles. The molecule has 1 amide bonds. The molecule has 2 aromatic carbocycles. The van der Waals surface area contributed by atoms with Crippen molar-refractivity contribution < 1.29 is 14.3 Å². The molecule has 0 spiro atoms. The predicted molar refractivity (Wildman–Crippen MR) is 89.4 cm³/mol. The molecular formula is C18H22N2O3.